The second kappa shape index (κ2) is 5.89. The summed E-state index contributed by atoms with van der Waals surface area (Å²) in [4.78, 5) is 0. The third-order valence-corrected chi connectivity index (χ3v) is 3.54. The van der Waals surface area contributed by atoms with E-state index in [4.69, 9.17) is 18.7 Å². The molecule has 1 fully saturated rings. The van der Waals surface area contributed by atoms with Crippen LogP contribution in [0, 0.1) is 0 Å². The van der Waals surface area contributed by atoms with E-state index >= 15 is 0 Å². The van der Waals surface area contributed by atoms with Crippen molar-refractivity contribution in [2.24, 2.45) is 0 Å². The predicted octanol–water partition coefficient (Wildman–Crippen LogP) is 0.144. The van der Waals surface area contributed by atoms with Crippen molar-refractivity contribution in [3.05, 3.63) is 0 Å². The first-order chi connectivity index (χ1) is 7.39. The van der Waals surface area contributed by atoms with Gasteiger partial charge < -0.3 is 18.7 Å². The van der Waals surface area contributed by atoms with Gasteiger partial charge in [0.1, 0.15) is 26.2 Å². The molecule has 5 nitrogen and oxygen atoms in total. The molecule has 0 aromatic rings. The van der Waals surface area contributed by atoms with Gasteiger partial charge in [0.25, 0.3) is 6.57 Å². The average molecular weight is 268 g/mol. The topological polar surface area (TPSA) is 54.0 Å². The summed E-state index contributed by atoms with van der Waals surface area (Å²) in [5, 5.41) is 0. The molecule has 1 aliphatic rings. The van der Waals surface area contributed by atoms with Gasteiger partial charge in [0.15, 0.2) is 0 Å². The average Bonchev–Trinajstić information content (AvgIpc) is 2.49. The number of hydrogen-bond acceptors (Lipinski definition) is 5. The van der Waals surface area contributed by atoms with Crippen LogP contribution in [0.1, 0.15) is 0 Å². The molecule has 5 atom stereocenters. The maximum atomic E-state index is 11.3. The van der Waals surface area contributed by atoms with Crippen molar-refractivity contribution in [2.45, 2.75) is 24.3 Å². The number of ether oxygens (including phenoxy) is 3. The quantitative estimate of drug-likeness (QED) is 0.437. The molecule has 0 aromatic heterocycles. The number of thiol groups is 1. The van der Waals surface area contributed by atoms with Gasteiger partial charge in [-0.2, -0.15) is 0 Å². The van der Waals surface area contributed by atoms with Crippen LogP contribution in [-0.2, 0) is 23.3 Å². The number of hydrogen-bond donors (Lipinski definition) is 1. The fraction of sp³-hybridized carbons (Fsp3) is 1.00. The van der Waals surface area contributed by atoms with Gasteiger partial charge in [-0.3, -0.25) is 4.57 Å². The molecule has 0 radical (unpaired) electrons. The molecule has 0 aromatic carbocycles. The van der Waals surface area contributed by atoms with Gasteiger partial charge >= 0.3 is 0 Å². The minimum Gasteiger partial charge on any atom is -0.377 e. The maximum absolute atomic E-state index is 11.3. The van der Waals surface area contributed by atoms with E-state index in [1.54, 1.807) is 14.2 Å². The summed E-state index contributed by atoms with van der Waals surface area (Å²) < 4.78 is 32.7. The van der Waals surface area contributed by atoms with Crippen LogP contribution in [0.2, 0.25) is 0 Å². The van der Waals surface area contributed by atoms with E-state index in [0.29, 0.717) is 0 Å². The Morgan fingerprint density at radius 3 is 2.38 bits per heavy atom. The van der Waals surface area contributed by atoms with Crippen LogP contribution in [0.4, 0.5) is 0 Å². The van der Waals surface area contributed by atoms with E-state index in [0.717, 1.165) is 0 Å². The van der Waals surface area contributed by atoms with Crippen molar-refractivity contribution < 1.29 is 23.3 Å². The second-order valence-electron chi connectivity index (χ2n) is 3.88. The molecular formula is C8H18BO5PS. The monoisotopic (exact) mass is 268 g/mol. The lowest BCUT2D eigenvalue weighted by atomic mass is 9.93. The molecule has 1 rings (SSSR count). The first-order valence-electron chi connectivity index (χ1n) is 5.05. The highest BCUT2D eigenvalue weighted by molar-refractivity contribution is 8.46. The van der Waals surface area contributed by atoms with Gasteiger partial charge in [-0.05, 0) is 0 Å². The fourth-order valence-electron chi connectivity index (χ4n) is 1.87. The largest absolute Gasteiger partial charge is 0.377 e. The Kier molecular flexibility index (Phi) is 5.36. The SMILES string of the molecule is BC1OC(COP(C)(=O)S)C(OC)C1OC. The normalized spacial score (nSPS) is 38.5. The van der Waals surface area contributed by atoms with Crippen LogP contribution >= 0.6 is 18.8 Å². The molecule has 0 N–H and O–H groups in total. The standard InChI is InChI=1S/C8H18BO5PS/c1-11-6-5(4-13-15(3,10)16)14-8(9)7(6)12-2/h5-8H,4,9H2,1-3H3,(H,10,16). The molecule has 94 valence electrons. The molecular weight excluding hydrogens is 250 g/mol. The fourth-order valence-corrected chi connectivity index (χ4v) is 2.49. The zero-order valence-electron chi connectivity index (χ0n) is 9.95. The first kappa shape index (κ1) is 14.5. The van der Waals surface area contributed by atoms with E-state index in [-0.39, 0.29) is 30.9 Å². The highest BCUT2D eigenvalue weighted by atomic mass is 32.7. The summed E-state index contributed by atoms with van der Waals surface area (Å²) in [5.74, 6) is 0. The third-order valence-electron chi connectivity index (χ3n) is 2.57. The molecule has 0 saturated carbocycles. The highest BCUT2D eigenvalue weighted by Gasteiger charge is 2.43. The Hall–Kier alpha value is 0.485. The van der Waals surface area contributed by atoms with E-state index < -0.39 is 6.57 Å². The molecule has 8 heteroatoms. The Morgan fingerprint density at radius 1 is 1.38 bits per heavy atom. The van der Waals surface area contributed by atoms with Crippen molar-refractivity contribution in [2.75, 3.05) is 27.5 Å². The van der Waals surface area contributed by atoms with Gasteiger partial charge in [-0.15, -0.1) is 0 Å². The Labute approximate surface area is 102 Å². The van der Waals surface area contributed by atoms with Crippen molar-refractivity contribution in [3.8, 4) is 0 Å². The van der Waals surface area contributed by atoms with E-state index in [1.165, 1.54) is 6.66 Å². The molecule has 0 amide bonds. The molecule has 5 unspecified atom stereocenters. The molecule has 16 heavy (non-hydrogen) atoms. The van der Waals surface area contributed by atoms with Gasteiger partial charge in [0.05, 0.1) is 12.6 Å². The minimum absolute atomic E-state index is 0.0697. The lowest BCUT2D eigenvalue weighted by Gasteiger charge is -2.21. The van der Waals surface area contributed by atoms with Crippen molar-refractivity contribution in [1.29, 1.82) is 0 Å². The van der Waals surface area contributed by atoms with Crippen LogP contribution in [-0.4, -0.2) is 59.7 Å². The number of rotatable bonds is 5. The van der Waals surface area contributed by atoms with Crippen LogP contribution in [0.15, 0.2) is 0 Å². The highest BCUT2D eigenvalue weighted by Crippen LogP contribution is 2.47. The van der Waals surface area contributed by atoms with Gasteiger partial charge in [0.2, 0.25) is 0 Å². The summed E-state index contributed by atoms with van der Waals surface area (Å²) >= 11 is 3.86. The third kappa shape index (κ3) is 3.76. The molecule has 0 bridgehead atoms. The summed E-state index contributed by atoms with van der Waals surface area (Å²) in [6.45, 7) is -1.14. The van der Waals surface area contributed by atoms with E-state index in [2.05, 4.69) is 12.2 Å². The second-order valence-corrected chi connectivity index (χ2v) is 7.92. The molecule has 0 spiro atoms. The first-order valence-corrected chi connectivity index (χ1v) is 8.27. The zero-order valence-corrected chi connectivity index (χ0v) is 11.7. The van der Waals surface area contributed by atoms with Crippen molar-refractivity contribution >= 4 is 26.7 Å². The lowest BCUT2D eigenvalue weighted by molar-refractivity contribution is -0.0355. The van der Waals surface area contributed by atoms with Crippen molar-refractivity contribution in [1.82, 2.24) is 0 Å². The summed E-state index contributed by atoms with van der Waals surface area (Å²) in [7, 11) is 5.12. The lowest BCUT2D eigenvalue weighted by Crippen LogP contribution is -2.37. The van der Waals surface area contributed by atoms with Crippen LogP contribution in [0.5, 0.6) is 0 Å². The molecule has 1 aliphatic heterocycles. The Bertz CT molecular complexity index is 273. The summed E-state index contributed by atoms with van der Waals surface area (Å²) in [5.41, 5.74) is 0. The van der Waals surface area contributed by atoms with E-state index in [1.807, 2.05) is 7.85 Å². The van der Waals surface area contributed by atoms with Gasteiger partial charge in [-0.25, -0.2) is 0 Å². The number of methoxy groups -OCH3 is 2. The molecule has 0 aliphatic carbocycles. The molecule has 1 heterocycles. The van der Waals surface area contributed by atoms with Gasteiger partial charge in [0, 0.05) is 20.9 Å². The predicted molar refractivity (Wildman–Crippen MR) is 67.3 cm³/mol. The van der Waals surface area contributed by atoms with Crippen LogP contribution in [0.3, 0.4) is 0 Å². The summed E-state index contributed by atoms with van der Waals surface area (Å²) in [6, 6.07) is -0.0697. The zero-order chi connectivity index (χ0) is 12.3. The van der Waals surface area contributed by atoms with Crippen LogP contribution < -0.4 is 0 Å². The smallest absolute Gasteiger partial charge is 0.251 e. The summed E-state index contributed by atoms with van der Waals surface area (Å²) in [6.07, 6.45) is -0.611. The van der Waals surface area contributed by atoms with Gasteiger partial charge in [-0.1, -0.05) is 12.2 Å². The maximum Gasteiger partial charge on any atom is 0.251 e. The molecule has 1 saturated heterocycles. The van der Waals surface area contributed by atoms with Crippen molar-refractivity contribution in [3.63, 3.8) is 0 Å². The Morgan fingerprint density at radius 2 is 1.94 bits per heavy atom. The van der Waals surface area contributed by atoms with E-state index in [9.17, 15) is 4.57 Å². The Balaban J connectivity index is 2.57. The minimum atomic E-state index is -2.79. The van der Waals surface area contributed by atoms with Crippen LogP contribution in [0.25, 0.3) is 0 Å².